The predicted molar refractivity (Wildman–Crippen MR) is 81.5 cm³/mol. The lowest BCUT2D eigenvalue weighted by Gasteiger charge is -2.14. The van der Waals surface area contributed by atoms with E-state index in [1.165, 1.54) is 57.8 Å². The molecule has 92 valence electrons. The number of rotatable bonds is 10. The van der Waals surface area contributed by atoms with Crippen molar-refractivity contribution in [2.24, 2.45) is 0 Å². The van der Waals surface area contributed by atoms with Gasteiger partial charge in [-0.05, 0) is 6.42 Å². The smallest absolute Gasteiger partial charge is 0.0980 e. The van der Waals surface area contributed by atoms with Crippen molar-refractivity contribution in [3.8, 4) is 0 Å². The monoisotopic (exact) mass is 266 g/mol. The van der Waals surface area contributed by atoms with Crippen molar-refractivity contribution >= 4 is 37.9 Å². The molecule has 0 nitrogen and oxygen atoms in total. The molecule has 0 N–H and O–H groups in total. The summed E-state index contributed by atoms with van der Waals surface area (Å²) in [6, 6.07) is 0. The molecule has 3 heteroatoms. The summed E-state index contributed by atoms with van der Waals surface area (Å²) in [4.78, 5) is 0. The minimum absolute atomic E-state index is 0.374. The van der Waals surface area contributed by atoms with Crippen LogP contribution in [0.15, 0.2) is 0 Å². The van der Waals surface area contributed by atoms with E-state index >= 15 is 0 Å². The van der Waals surface area contributed by atoms with Crippen LogP contribution in [-0.4, -0.2) is 3.41 Å². The third-order valence-electron chi connectivity index (χ3n) is 2.62. The predicted octanol–water partition coefficient (Wildman–Crippen LogP) is 5.35. The van der Waals surface area contributed by atoms with E-state index in [0.29, 0.717) is 0 Å². The molecule has 0 aliphatic rings. The average molecular weight is 267 g/mol. The topological polar surface area (TPSA) is 0 Å². The first-order chi connectivity index (χ1) is 7.06. The Labute approximate surface area is 112 Å². The molecule has 0 spiro atoms. The molecule has 0 aromatic heterocycles. The van der Waals surface area contributed by atoms with Crippen molar-refractivity contribution in [2.45, 2.75) is 74.5 Å². The van der Waals surface area contributed by atoms with Crippen molar-refractivity contribution < 1.29 is 0 Å². The van der Waals surface area contributed by atoms with Crippen LogP contribution in [0.2, 0.25) is 0 Å². The van der Waals surface area contributed by atoms with E-state index in [0.717, 1.165) is 6.42 Å². The van der Waals surface area contributed by atoms with Gasteiger partial charge in [-0.25, -0.2) is 0 Å². The fraction of sp³-hybridized carbons (Fsp3) is 1.00. The Morgan fingerprint density at radius 1 is 0.667 bits per heavy atom. The van der Waals surface area contributed by atoms with Gasteiger partial charge in [0, 0.05) is 0 Å². The summed E-state index contributed by atoms with van der Waals surface area (Å²) in [6.45, 7) is 2.26. The number of hydrogen-bond acceptors (Lipinski definition) is 3. The maximum absolute atomic E-state index is 4.26. The van der Waals surface area contributed by atoms with E-state index in [4.69, 9.17) is 0 Å². The molecular formula is C12H26S3. The van der Waals surface area contributed by atoms with E-state index in [9.17, 15) is 0 Å². The molecule has 0 saturated heterocycles. The minimum atomic E-state index is -0.374. The Kier molecular flexibility index (Phi) is 10.9. The molecule has 0 rings (SSSR count). The Morgan fingerprint density at radius 2 is 1.07 bits per heavy atom. The first-order valence-electron chi connectivity index (χ1n) is 6.23. The molecule has 0 heterocycles. The van der Waals surface area contributed by atoms with Gasteiger partial charge in [-0.3, -0.25) is 0 Å². The van der Waals surface area contributed by atoms with E-state index in [1.54, 1.807) is 0 Å². The van der Waals surface area contributed by atoms with Crippen molar-refractivity contribution in [1.29, 1.82) is 0 Å². The van der Waals surface area contributed by atoms with Gasteiger partial charge in [0.25, 0.3) is 0 Å². The van der Waals surface area contributed by atoms with Crippen LogP contribution in [0, 0.1) is 0 Å². The molecule has 0 saturated carbocycles. The van der Waals surface area contributed by atoms with Gasteiger partial charge in [-0.2, -0.15) is 37.9 Å². The Balaban J connectivity index is 2.99. The van der Waals surface area contributed by atoms with Crippen LogP contribution in [0.25, 0.3) is 0 Å². The lowest BCUT2D eigenvalue weighted by molar-refractivity contribution is 0.560. The molecule has 0 aliphatic heterocycles. The minimum Gasteiger partial charge on any atom is -0.151 e. The Hall–Kier alpha value is 1.05. The zero-order valence-electron chi connectivity index (χ0n) is 9.91. The third kappa shape index (κ3) is 15.1. The van der Waals surface area contributed by atoms with Crippen molar-refractivity contribution in [3.05, 3.63) is 0 Å². The van der Waals surface area contributed by atoms with Gasteiger partial charge in [-0.1, -0.05) is 64.7 Å². The molecule has 0 radical (unpaired) electrons. The summed E-state index contributed by atoms with van der Waals surface area (Å²) < 4.78 is -0.374. The maximum Gasteiger partial charge on any atom is 0.0980 e. The molecule has 0 aromatic rings. The second-order valence-electron chi connectivity index (χ2n) is 4.35. The molecule has 0 fully saturated rings. The van der Waals surface area contributed by atoms with Crippen molar-refractivity contribution in [1.82, 2.24) is 0 Å². The molecule has 0 bridgehead atoms. The highest BCUT2D eigenvalue weighted by atomic mass is 32.2. The maximum atomic E-state index is 4.26. The second-order valence-corrected chi connectivity index (χ2v) is 7.70. The molecule has 15 heavy (non-hydrogen) atoms. The quantitative estimate of drug-likeness (QED) is 0.265. The molecule has 0 aromatic carbocycles. The first kappa shape index (κ1) is 16.1. The molecule has 0 unspecified atom stereocenters. The largest absolute Gasteiger partial charge is 0.151 e. The Morgan fingerprint density at radius 3 is 1.47 bits per heavy atom. The fourth-order valence-electron chi connectivity index (χ4n) is 1.67. The highest BCUT2D eigenvalue weighted by Crippen LogP contribution is 2.30. The van der Waals surface area contributed by atoms with Gasteiger partial charge < -0.3 is 0 Å². The summed E-state index contributed by atoms with van der Waals surface area (Å²) in [7, 11) is 0. The van der Waals surface area contributed by atoms with Gasteiger partial charge >= 0.3 is 0 Å². The molecule has 0 amide bonds. The van der Waals surface area contributed by atoms with Crippen LogP contribution in [0.4, 0.5) is 0 Å². The van der Waals surface area contributed by atoms with Gasteiger partial charge in [0.15, 0.2) is 0 Å². The van der Waals surface area contributed by atoms with E-state index in [-0.39, 0.29) is 3.41 Å². The zero-order chi connectivity index (χ0) is 11.6. The third-order valence-corrected chi connectivity index (χ3v) is 3.29. The molecule has 0 aliphatic carbocycles. The van der Waals surface area contributed by atoms with Gasteiger partial charge in [0.1, 0.15) is 0 Å². The number of thiol groups is 3. The average Bonchev–Trinajstić information content (AvgIpc) is 2.14. The summed E-state index contributed by atoms with van der Waals surface area (Å²) in [6.07, 6.45) is 13.2. The molecule has 0 atom stereocenters. The highest BCUT2D eigenvalue weighted by Gasteiger charge is 2.11. The lowest BCUT2D eigenvalue weighted by atomic mass is 10.1. The van der Waals surface area contributed by atoms with Crippen LogP contribution in [0.5, 0.6) is 0 Å². The summed E-state index contributed by atoms with van der Waals surface area (Å²) in [5, 5.41) is 0. The van der Waals surface area contributed by atoms with Crippen LogP contribution in [0.1, 0.15) is 71.1 Å². The highest BCUT2D eigenvalue weighted by molar-refractivity contribution is 8.16. The SMILES string of the molecule is CCCCCCCCCCCC(S)(S)S. The van der Waals surface area contributed by atoms with Crippen LogP contribution in [-0.2, 0) is 0 Å². The first-order valence-corrected chi connectivity index (χ1v) is 7.57. The normalized spacial score (nSPS) is 12.0. The van der Waals surface area contributed by atoms with Crippen LogP contribution < -0.4 is 0 Å². The van der Waals surface area contributed by atoms with Crippen LogP contribution in [0.3, 0.4) is 0 Å². The van der Waals surface area contributed by atoms with Crippen molar-refractivity contribution in [2.75, 3.05) is 0 Å². The van der Waals surface area contributed by atoms with E-state index in [1.807, 2.05) is 0 Å². The zero-order valence-corrected chi connectivity index (χ0v) is 12.6. The van der Waals surface area contributed by atoms with E-state index < -0.39 is 0 Å². The Bertz CT molecular complexity index is 129. The fourth-order valence-corrected chi connectivity index (χ4v) is 2.15. The van der Waals surface area contributed by atoms with Gasteiger partial charge in [0.2, 0.25) is 0 Å². The van der Waals surface area contributed by atoms with E-state index in [2.05, 4.69) is 44.8 Å². The number of hydrogen-bond donors (Lipinski definition) is 3. The summed E-state index contributed by atoms with van der Waals surface area (Å²) >= 11 is 12.8. The van der Waals surface area contributed by atoms with Gasteiger partial charge in [-0.15, -0.1) is 0 Å². The van der Waals surface area contributed by atoms with Crippen LogP contribution >= 0.6 is 37.9 Å². The second kappa shape index (κ2) is 10.2. The summed E-state index contributed by atoms with van der Waals surface area (Å²) in [5.41, 5.74) is 0. The van der Waals surface area contributed by atoms with Crippen molar-refractivity contribution in [3.63, 3.8) is 0 Å². The summed E-state index contributed by atoms with van der Waals surface area (Å²) in [5.74, 6) is 0. The lowest BCUT2D eigenvalue weighted by Crippen LogP contribution is -2.01. The molecular weight excluding hydrogens is 240 g/mol. The standard InChI is InChI=1S/C12H26S3/c1-2-3-4-5-6-7-8-9-10-11-12(13,14)15/h13-15H,2-11H2,1H3. The number of unbranched alkanes of at least 4 members (excludes halogenated alkanes) is 8. The van der Waals surface area contributed by atoms with Gasteiger partial charge in [0.05, 0.1) is 3.41 Å².